The van der Waals surface area contributed by atoms with Gasteiger partial charge in [-0.15, -0.1) is 0 Å². The Morgan fingerprint density at radius 1 is 1.03 bits per heavy atom. The van der Waals surface area contributed by atoms with E-state index in [1.54, 1.807) is 16.7 Å². The molecule has 0 bridgehead atoms. The van der Waals surface area contributed by atoms with Gasteiger partial charge in [-0.05, 0) is 36.1 Å². The van der Waals surface area contributed by atoms with E-state index in [-0.39, 0.29) is 35.8 Å². The predicted octanol–water partition coefficient (Wildman–Crippen LogP) is 4.03. The highest BCUT2D eigenvalue weighted by Crippen LogP contribution is 2.33. The lowest BCUT2D eigenvalue weighted by Crippen LogP contribution is -2.43. The summed E-state index contributed by atoms with van der Waals surface area (Å²) in [6.07, 6.45) is 0. The zero-order valence-corrected chi connectivity index (χ0v) is 21.4. The van der Waals surface area contributed by atoms with Crippen molar-refractivity contribution in [3.63, 3.8) is 0 Å². The van der Waals surface area contributed by atoms with Crippen molar-refractivity contribution in [1.82, 2.24) is 9.55 Å². The molecule has 3 rings (SSSR count). The van der Waals surface area contributed by atoms with Crippen molar-refractivity contribution in [1.29, 1.82) is 0 Å². The number of aromatic amines is 1. The molecule has 8 nitrogen and oxygen atoms in total. The number of nitrogens with one attached hydrogen (secondary N) is 2. The van der Waals surface area contributed by atoms with Gasteiger partial charge in [0.15, 0.2) is 0 Å². The fourth-order valence-electron chi connectivity index (χ4n) is 3.74. The average molecular weight is 496 g/mol. The quantitative estimate of drug-likeness (QED) is 0.391. The number of aromatic nitrogens is 2. The minimum atomic E-state index is -0.596. The van der Waals surface area contributed by atoms with Gasteiger partial charge in [0.05, 0.1) is 12.2 Å². The third-order valence-corrected chi connectivity index (χ3v) is 6.21. The molecule has 0 spiro atoms. The summed E-state index contributed by atoms with van der Waals surface area (Å²) in [4.78, 5) is 44.3. The predicted molar refractivity (Wildman–Crippen MR) is 143 cm³/mol. The molecule has 1 aromatic heterocycles. The maximum Gasteiger partial charge on any atom is 0.330 e. The van der Waals surface area contributed by atoms with E-state index in [9.17, 15) is 14.4 Å². The maximum atomic E-state index is 13.2. The number of carbonyl (C=O) groups excluding carboxylic acids is 1. The Kier molecular flexibility index (Phi) is 8.81. The SMILES string of the molecule is CC(C)CN(CC(=O)Nc1ccccc1Sc1ccccc1)c1c(N)n(CC(C)C)c(=O)[nH]c1=O. The third-order valence-electron chi connectivity index (χ3n) is 5.13. The minimum absolute atomic E-state index is 0.0703. The molecule has 0 unspecified atom stereocenters. The van der Waals surface area contributed by atoms with Crippen LogP contribution in [0.25, 0.3) is 0 Å². The first-order valence-corrected chi connectivity index (χ1v) is 12.5. The Labute approximate surface area is 209 Å². The highest BCUT2D eigenvalue weighted by molar-refractivity contribution is 7.99. The van der Waals surface area contributed by atoms with E-state index in [4.69, 9.17) is 5.73 Å². The van der Waals surface area contributed by atoms with Crippen LogP contribution >= 0.6 is 11.8 Å². The van der Waals surface area contributed by atoms with Gasteiger partial charge < -0.3 is 16.0 Å². The van der Waals surface area contributed by atoms with Crippen LogP contribution in [0.2, 0.25) is 0 Å². The molecular formula is C26H33N5O3S. The third kappa shape index (κ3) is 7.02. The Morgan fingerprint density at radius 3 is 2.34 bits per heavy atom. The molecule has 0 aliphatic rings. The van der Waals surface area contributed by atoms with E-state index < -0.39 is 11.2 Å². The van der Waals surface area contributed by atoms with Gasteiger partial charge >= 0.3 is 5.69 Å². The zero-order chi connectivity index (χ0) is 25.5. The average Bonchev–Trinajstić information content (AvgIpc) is 2.78. The smallest absolute Gasteiger partial charge is 0.330 e. The number of rotatable bonds is 10. The molecule has 0 saturated heterocycles. The molecule has 4 N–H and O–H groups in total. The van der Waals surface area contributed by atoms with E-state index in [0.29, 0.717) is 18.8 Å². The first kappa shape index (κ1) is 26.2. The van der Waals surface area contributed by atoms with Crippen molar-refractivity contribution in [2.75, 3.05) is 29.0 Å². The van der Waals surface area contributed by atoms with Crippen LogP contribution in [0.4, 0.5) is 17.2 Å². The molecule has 0 saturated carbocycles. The molecule has 35 heavy (non-hydrogen) atoms. The van der Waals surface area contributed by atoms with Crippen molar-refractivity contribution in [2.24, 2.45) is 11.8 Å². The highest BCUT2D eigenvalue weighted by atomic mass is 32.2. The topological polar surface area (TPSA) is 113 Å². The summed E-state index contributed by atoms with van der Waals surface area (Å²) in [6.45, 7) is 8.59. The second-order valence-electron chi connectivity index (χ2n) is 9.23. The van der Waals surface area contributed by atoms with E-state index in [0.717, 1.165) is 9.79 Å². The number of benzene rings is 2. The van der Waals surface area contributed by atoms with E-state index in [2.05, 4.69) is 10.3 Å². The van der Waals surface area contributed by atoms with Crippen LogP contribution in [-0.2, 0) is 11.3 Å². The second-order valence-corrected chi connectivity index (χ2v) is 10.3. The molecule has 0 aliphatic carbocycles. The summed E-state index contributed by atoms with van der Waals surface area (Å²) < 4.78 is 1.36. The molecule has 0 radical (unpaired) electrons. The minimum Gasteiger partial charge on any atom is -0.383 e. The van der Waals surface area contributed by atoms with Crippen LogP contribution in [-0.4, -0.2) is 28.5 Å². The molecule has 2 aromatic carbocycles. The fourth-order valence-corrected chi connectivity index (χ4v) is 4.67. The zero-order valence-electron chi connectivity index (χ0n) is 20.6. The molecule has 0 fully saturated rings. The lowest BCUT2D eigenvalue weighted by atomic mass is 10.2. The first-order chi connectivity index (χ1) is 16.7. The summed E-state index contributed by atoms with van der Waals surface area (Å²) in [5.41, 5.74) is 5.99. The number of hydrogen-bond acceptors (Lipinski definition) is 6. The molecule has 9 heteroatoms. The van der Waals surface area contributed by atoms with Gasteiger partial charge in [-0.2, -0.15) is 0 Å². The summed E-state index contributed by atoms with van der Waals surface area (Å²) >= 11 is 1.55. The number of para-hydroxylation sites is 1. The van der Waals surface area contributed by atoms with E-state index >= 15 is 0 Å². The number of H-pyrrole nitrogens is 1. The number of carbonyl (C=O) groups is 1. The summed E-state index contributed by atoms with van der Waals surface area (Å²) in [6, 6.07) is 17.5. The second kappa shape index (κ2) is 11.8. The monoisotopic (exact) mass is 495 g/mol. The van der Waals surface area contributed by atoms with Crippen molar-refractivity contribution < 1.29 is 4.79 Å². The van der Waals surface area contributed by atoms with E-state index in [1.165, 1.54) is 4.57 Å². The first-order valence-electron chi connectivity index (χ1n) is 11.6. The van der Waals surface area contributed by atoms with Gasteiger partial charge in [-0.25, -0.2) is 4.79 Å². The van der Waals surface area contributed by atoms with Crippen LogP contribution < -0.4 is 27.2 Å². The lowest BCUT2D eigenvalue weighted by molar-refractivity contribution is -0.115. The van der Waals surface area contributed by atoms with Gasteiger partial charge in [0, 0.05) is 22.9 Å². The van der Waals surface area contributed by atoms with Gasteiger partial charge in [-0.1, -0.05) is 69.8 Å². The molecule has 1 heterocycles. The van der Waals surface area contributed by atoms with Crippen LogP contribution in [0, 0.1) is 11.8 Å². The molecular weight excluding hydrogens is 462 g/mol. The molecule has 186 valence electrons. The Bertz CT molecular complexity index is 1270. The van der Waals surface area contributed by atoms with Crippen LogP contribution in [0.5, 0.6) is 0 Å². The number of nitrogen functional groups attached to an aromatic ring is 1. The number of hydrogen-bond donors (Lipinski definition) is 3. The normalized spacial score (nSPS) is 11.1. The largest absolute Gasteiger partial charge is 0.383 e. The Hall–Kier alpha value is -3.46. The van der Waals surface area contributed by atoms with Gasteiger partial charge in [0.1, 0.15) is 11.5 Å². The number of anilines is 3. The van der Waals surface area contributed by atoms with Crippen molar-refractivity contribution in [2.45, 2.75) is 44.0 Å². The van der Waals surface area contributed by atoms with Crippen molar-refractivity contribution in [3.05, 3.63) is 75.4 Å². The summed E-state index contributed by atoms with van der Waals surface area (Å²) in [5, 5.41) is 2.98. The van der Waals surface area contributed by atoms with E-state index in [1.807, 2.05) is 82.3 Å². The Balaban J connectivity index is 1.88. The maximum absolute atomic E-state index is 13.2. The molecule has 1 amide bonds. The van der Waals surface area contributed by atoms with Gasteiger partial charge in [0.25, 0.3) is 5.56 Å². The van der Waals surface area contributed by atoms with Crippen LogP contribution in [0.3, 0.4) is 0 Å². The van der Waals surface area contributed by atoms with Crippen molar-refractivity contribution in [3.8, 4) is 0 Å². The summed E-state index contributed by atoms with van der Waals surface area (Å²) in [7, 11) is 0. The number of nitrogens with zero attached hydrogens (tertiary/aromatic N) is 2. The van der Waals surface area contributed by atoms with Gasteiger partial charge in [0.2, 0.25) is 5.91 Å². The Morgan fingerprint density at radius 2 is 1.69 bits per heavy atom. The fraction of sp³-hybridized carbons (Fsp3) is 0.346. The van der Waals surface area contributed by atoms with Crippen LogP contribution in [0.15, 0.2) is 74.0 Å². The van der Waals surface area contributed by atoms with Crippen LogP contribution in [0.1, 0.15) is 27.7 Å². The molecule has 0 atom stereocenters. The molecule has 0 aliphatic heterocycles. The standard InChI is InChI=1S/C26H33N5O3S/c1-17(2)14-30(23-24(27)31(15-18(3)4)26(34)29-25(23)33)16-22(32)28-20-12-8-9-13-21(20)35-19-10-6-5-7-11-19/h5-13,17-18H,14-16,27H2,1-4H3,(H,28,32)(H,29,33,34). The highest BCUT2D eigenvalue weighted by Gasteiger charge is 2.22. The van der Waals surface area contributed by atoms with Gasteiger partial charge in [-0.3, -0.25) is 19.1 Å². The number of amides is 1. The number of nitrogens with two attached hydrogens (primary N) is 1. The summed E-state index contributed by atoms with van der Waals surface area (Å²) in [5.74, 6) is 0.0790. The van der Waals surface area contributed by atoms with Crippen molar-refractivity contribution >= 4 is 34.9 Å². The lowest BCUT2D eigenvalue weighted by Gasteiger charge is -2.27. The molecule has 3 aromatic rings.